The molecule has 0 saturated heterocycles. The van der Waals surface area contributed by atoms with Gasteiger partial charge in [0.1, 0.15) is 0 Å². The Morgan fingerprint density at radius 2 is 0.643 bits per heavy atom. The average molecular weight is 1870 g/mol. The third-order valence-electron chi connectivity index (χ3n) is 29.3. The fourth-order valence-electron chi connectivity index (χ4n) is 22.5. The molecule has 143 heavy (non-hydrogen) atoms. The molecule has 7 aromatic heterocycles. The maximum atomic E-state index is 5.32. The molecular weight excluding hydrogens is 1770 g/mol. The minimum atomic E-state index is -2.69. The molecule has 7 heterocycles. The first kappa shape index (κ1) is 85.6. The molecule has 10 nitrogen and oxygen atoms in total. The Balaban J connectivity index is 0.000000110. The maximum Gasteiger partial charge on any atom is 0.235 e. The van der Waals surface area contributed by atoms with Crippen LogP contribution < -0.4 is 20.7 Å². The monoisotopic (exact) mass is 1860 g/mol. The van der Waals surface area contributed by atoms with Gasteiger partial charge in [0.05, 0.1) is 50.2 Å². The normalized spacial score (nSPS) is 12.7. The number of hydrogen-bond acceptors (Lipinski definition) is 8. The second-order valence-corrected chi connectivity index (χ2v) is 43.0. The Hall–Kier alpha value is -17.8. The molecule has 0 atom stereocenters. The Kier molecular flexibility index (Phi) is 20.9. The third-order valence-corrected chi connectivity index (χ3v) is 35.3. The van der Waals surface area contributed by atoms with Crippen molar-refractivity contribution in [3.63, 3.8) is 0 Å². The van der Waals surface area contributed by atoms with Gasteiger partial charge in [0.25, 0.3) is 0 Å². The number of benzene rings is 19. The molecule has 0 amide bonds. The molecule has 2 aliphatic rings. The second-order valence-electron chi connectivity index (χ2n) is 38.2. The van der Waals surface area contributed by atoms with Crippen LogP contribution >= 0.6 is 11.3 Å². The molecule has 0 radical (unpaired) electrons. The Labute approximate surface area is 833 Å². The lowest BCUT2D eigenvalue weighted by Gasteiger charge is -2.34. The molecule has 0 fully saturated rings. The van der Waals surface area contributed by atoms with Crippen molar-refractivity contribution in [2.75, 3.05) is 0 Å². The average Bonchev–Trinajstić information content (AvgIpc) is 1.58. The van der Waals surface area contributed by atoms with Crippen LogP contribution in [0, 0.1) is 0 Å². The zero-order valence-corrected chi connectivity index (χ0v) is 80.9. The largest absolute Gasteiger partial charge is 0.309 e. The first-order chi connectivity index (χ1) is 70.4. The smallest absolute Gasteiger partial charge is 0.235 e. The summed E-state index contributed by atoms with van der Waals surface area (Å²) in [5, 5.41) is 15.5. The van der Waals surface area contributed by atoms with E-state index < -0.39 is 8.07 Å². The van der Waals surface area contributed by atoms with Crippen molar-refractivity contribution >= 4 is 126 Å². The number of rotatable bonds is 14. The van der Waals surface area contributed by atoms with Gasteiger partial charge in [0, 0.05) is 120 Å². The minimum absolute atomic E-state index is 0.0438. The van der Waals surface area contributed by atoms with E-state index in [1.165, 1.54) is 140 Å². The molecule has 26 aromatic rings. The number of para-hydroxylation sites is 3. The Morgan fingerprint density at radius 1 is 0.224 bits per heavy atom. The van der Waals surface area contributed by atoms with E-state index in [1.54, 1.807) is 0 Å². The van der Waals surface area contributed by atoms with Gasteiger partial charge in [-0.1, -0.05) is 404 Å². The van der Waals surface area contributed by atoms with Gasteiger partial charge < -0.3 is 9.13 Å². The number of hydrogen-bond donors (Lipinski definition) is 0. The lowest BCUT2D eigenvalue weighted by Crippen LogP contribution is -2.74. The predicted molar refractivity (Wildman–Crippen MR) is 597 cm³/mol. The summed E-state index contributed by atoms with van der Waals surface area (Å²) in [6.45, 7) is 9.37. The second kappa shape index (κ2) is 35.0. The van der Waals surface area contributed by atoms with Crippen LogP contribution in [0.15, 0.2) is 485 Å². The fourth-order valence-corrected chi connectivity index (χ4v) is 28.6. The van der Waals surface area contributed by atoms with Gasteiger partial charge in [-0.3, -0.25) is 4.57 Å². The number of aromatic nitrogens is 10. The predicted octanol–water partition coefficient (Wildman–Crippen LogP) is 30.1. The highest BCUT2D eigenvalue weighted by Gasteiger charge is 2.43. The molecule has 2 aliphatic carbocycles. The summed E-state index contributed by atoms with van der Waals surface area (Å²) in [4.78, 5) is 35.2. The molecule has 19 aromatic carbocycles. The highest BCUT2D eigenvalue weighted by atomic mass is 32.1. The van der Waals surface area contributed by atoms with E-state index in [-0.39, 0.29) is 10.8 Å². The van der Waals surface area contributed by atoms with Gasteiger partial charge in [0.15, 0.2) is 31.4 Å². The van der Waals surface area contributed by atoms with Gasteiger partial charge in [-0.15, -0.1) is 11.3 Å². The highest BCUT2D eigenvalue weighted by molar-refractivity contribution is 7.26. The molecule has 0 saturated carbocycles. The van der Waals surface area contributed by atoms with Crippen LogP contribution in [-0.4, -0.2) is 56.7 Å². The van der Waals surface area contributed by atoms with Crippen molar-refractivity contribution in [3.05, 3.63) is 508 Å². The standard InChI is InChI=1S/C46H31N3SSi.C43H31N3.C42H30N4/c1-4-16-33(17-5-1)51(34-18-6-2-7-19-34,35-20-8-3-9-21-35)36-22-14-15-32(31-36)40-29-30-47-46(48-40)49-41-25-12-10-24-39(41)44-42(49)28-27-38-37-23-11-13-26-43(37)50-45(38)44;1-43(2)36-19-11-9-17-32(36)34-26-41-35(25-37(34)43)33-18-10-12-20-40(33)46(41)31-23-21-30(22-24-31)42-44-38(28-13-5-3-6-14-28)27-39(45-42)29-15-7-4-8-16-29;1-42(2)35-22-11-9-20-31(35)33-25-34-32-21-10-12-23-37(32)46(38(34)26-36(33)42)30-19-13-18-29(24-30)41-44-39(27-14-5-3-6-15-27)43-40(45-41)28-16-7-4-8-17-28/h1-31H;3-27H,1-2H3;3-26H,1-2H3. The summed E-state index contributed by atoms with van der Waals surface area (Å²) in [6.07, 6.45) is 1.90. The number of nitrogens with zero attached hydrogens (tertiary/aromatic N) is 10. The van der Waals surface area contributed by atoms with E-state index in [9.17, 15) is 0 Å². The van der Waals surface area contributed by atoms with Gasteiger partial charge in [-0.25, -0.2) is 34.9 Å². The SMILES string of the molecule is CC1(C)c2ccccc2-c2cc3c(cc21)c1ccccc1n3-c1ccc(-c2nc(-c3ccccc3)cc(-c3ccccc3)n2)cc1.CC1(C)c2ccccc2-c2cc3c4ccccc4n(-c4cccc(-c5nc(-c6ccccc6)nc(-c6ccccc6)n5)c4)c3cc21.c1ccc([Si](c2ccccc2)(c2ccccc2)c2cccc(-c3ccnc(-n4c5ccccc5c5c6sc7ccccc7c6ccc54)n3)c2)cc1. The van der Waals surface area contributed by atoms with Gasteiger partial charge in [-0.05, 0) is 168 Å². The first-order valence-corrected chi connectivity index (χ1v) is 51.6. The zero-order chi connectivity index (χ0) is 95.4. The summed E-state index contributed by atoms with van der Waals surface area (Å²) < 4.78 is 9.64. The van der Waals surface area contributed by atoms with Crippen LogP contribution in [0.5, 0.6) is 0 Å². The van der Waals surface area contributed by atoms with E-state index >= 15 is 0 Å². The van der Waals surface area contributed by atoms with E-state index in [0.717, 1.165) is 78.4 Å². The van der Waals surface area contributed by atoms with Crippen molar-refractivity contribution in [2.45, 2.75) is 38.5 Å². The lowest BCUT2D eigenvalue weighted by molar-refractivity contribution is 0.661. The molecule has 12 heteroatoms. The van der Waals surface area contributed by atoms with Crippen LogP contribution in [0.25, 0.3) is 204 Å². The van der Waals surface area contributed by atoms with E-state index in [4.69, 9.17) is 34.9 Å². The van der Waals surface area contributed by atoms with Crippen molar-refractivity contribution in [1.29, 1.82) is 0 Å². The fraction of sp³-hybridized carbons (Fsp3) is 0.0458. The molecule has 0 bridgehead atoms. The molecule has 0 spiro atoms. The van der Waals surface area contributed by atoms with Crippen molar-refractivity contribution in [1.82, 2.24) is 48.6 Å². The molecule has 0 aliphatic heterocycles. The summed E-state index contributed by atoms with van der Waals surface area (Å²) in [5.41, 5.74) is 29.7. The van der Waals surface area contributed by atoms with Crippen LogP contribution in [0.4, 0.5) is 0 Å². The van der Waals surface area contributed by atoms with Gasteiger partial charge >= 0.3 is 0 Å². The summed E-state index contributed by atoms with van der Waals surface area (Å²) in [7, 11) is -2.69. The van der Waals surface area contributed by atoms with Crippen molar-refractivity contribution in [2.24, 2.45) is 0 Å². The number of fused-ring (bicyclic) bond motifs is 19. The first-order valence-electron chi connectivity index (χ1n) is 48.8. The van der Waals surface area contributed by atoms with Crippen LogP contribution in [0.3, 0.4) is 0 Å². The Morgan fingerprint density at radius 3 is 1.22 bits per heavy atom. The molecule has 28 rings (SSSR count). The van der Waals surface area contributed by atoms with Crippen LogP contribution in [0.2, 0.25) is 0 Å². The van der Waals surface area contributed by atoms with E-state index in [1.807, 2.05) is 96.4 Å². The van der Waals surface area contributed by atoms with E-state index in [2.05, 4.69) is 442 Å². The highest BCUT2D eigenvalue weighted by Crippen LogP contribution is 2.54. The maximum absolute atomic E-state index is 5.32. The third kappa shape index (κ3) is 14.5. The molecule has 676 valence electrons. The molecular formula is C131H92N10SSi. The van der Waals surface area contributed by atoms with Crippen molar-refractivity contribution < 1.29 is 0 Å². The van der Waals surface area contributed by atoms with Gasteiger partial charge in [-0.2, -0.15) is 0 Å². The van der Waals surface area contributed by atoms with Crippen molar-refractivity contribution in [3.8, 4) is 119 Å². The van der Waals surface area contributed by atoms with E-state index in [0.29, 0.717) is 29.2 Å². The zero-order valence-electron chi connectivity index (χ0n) is 79.1. The number of thiophene rings is 1. The van der Waals surface area contributed by atoms with Crippen LogP contribution in [-0.2, 0) is 10.8 Å². The molecule has 0 unspecified atom stereocenters. The lowest BCUT2D eigenvalue weighted by atomic mass is 9.82. The topological polar surface area (TPSA) is 105 Å². The van der Waals surface area contributed by atoms with Gasteiger partial charge in [0.2, 0.25) is 5.95 Å². The summed E-state index contributed by atoms with van der Waals surface area (Å²) in [5.74, 6) is 3.34. The summed E-state index contributed by atoms with van der Waals surface area (Å²) in [6, 6.07) is 171. The van der Waals surface area contributed by atoms with Crippen LogP contribution in [0.1, 0.15) is 49.9 Å². The molecule has 0 N–H and O–H groups in total. The quantitative estimate of drug-likeness (QED) is 0.0789. The minimum Gasteiger partial charge on any atom is -0.309 e. The Bertz CT molecular complexity index is 9240. The summed E-state index contributed by atoms with van der Waals surface area (Å²) >= 11 is 1.86.